The Hall–Kier alpha value is -1.71. The number of aliphatic hydroxyl groups is 1. The summed E-state index contributed by atoms with van der Waals surface area (Å²) in [6.07, 6.45) is 0.0753. The number of halogens is 1. The van der Waals surface area contributed by atoms with Gasteiger partial charge in [-0.15, -0.1) is 0 Å². The lowest BCUT2D eigenvalue weighted by Gasteiger charge is -2.16. The molecule has 1 unspecified atom stereocenters. The monoisotopic (exact) mass is 304 g/mol. The molecule has 0 saturated heterocycles. The van der Waals surface area contributed by atoms with E-state index in [0.29, 0.717) is 29.5 Å². The molecule has 2 aromatic carbocycles. The van der Waals surface area contributed by atoms with Gasteiger partial charge in [-0.1, -0.05) is 29.8 Å². The maximum absolute atomic E-state index is 10.6. The molecule has 3 rings (SSSR count). The molecule has 0 aromatic heterocycles. The van der Waals surface area contributed by atoms with E-state index in [4.69, 9.17) is 21.1 Å². The molecule has 3 nitrogen and oxygen atoms in total. The fourth-order valence-corrected chi connectivity index (χ4v) is 2.72. The predicted octanol–water partition coefficient (Wildman–Crippen LogP) is 3.89. The lowest BCUT2D eigenvalue weighted by atomic mass is 10.00. The van der Waals surface area contributed by atoms with E-state index >= 15 is 0 Å². The third-order valence-electron chi connectivity index (χ3n) is 3.54. The molecule has 1 heterocycles. The minimum Gasteiger partial charge on any atom is -0.490 e. The molecule has 1 aliphatic heterocycles. The number of benzene rings is 2. The van der Waals surface area contributed by atoms with Gasteiger partial charge in [0, 0.05) is 17.0 Å². The van der Waals surface area contributed by atoms with Crippen molar-refractivity contribution in [2.45, 2.75) is 19.4 Å². The van der Waals surface area contributed by atoms with E-state index in [1.54, 1.807) is 0 Å². The maximum Gasteiger partial charge on any atom is 0.161 e. The summed E-state index contributed by atoms with van der Waals surface area (Å²) in [5.74, 6) is 1.39. The van der Waals surface area contributed by atoms with Gasteiger partial charge in [-0.2, -0.15) is 0 Å². The lowest BCUT2D eigenvalue weighted by molar-refractivity contribution is 0.219. The molecule has 0 fully saturated rings. The first kappa shape index (κ1) is 14.2. The Morgan fingerprint density at radius 3 is 2.57 bits per heavy atom. The van der Waals surface area contributed by atoms with Gasteiger partial charge in [0.1, 0.15) is 6.10 Å². The van der Waals surface area contributed by atoms with Crippen LogP contribution in [0.1, 0.15) is 29.2 Å². The molecule has 0 aliphatic carbocycles. The fraction of sp³-hybridized carbons (Fsp3) is 0.294. The zero-order chi connectivity index (χ0) is 14.8. The Kier molecular flexibility index (Phi) is 4.04. The van der Waals surface area contributed by atoms with E-state index < -0.39 is 6.10 Å². The fourth-order valence-electron chi connectivity index (χ4n) is 2.38. The standard InChI is InChI=1S/C17H17ClO3/c1-11-3-5-13(14(18)9-11)17(19)12-4-6-15-16(10-12)21-8-2-7-20-15/h3-6,9-10,17,19H,2,7-8H2,1H3. The van der Waals surface area contributed by atoms with Crippen LogP contribution in [0.5, 0.6) is 11.5 Å². The Morgan fingerprint density at radius 2 is 1.81 bits per heavy atom. The van der Waals surface area contributed by atoms with Gasteiger partial charge in [-0.25, -0.2) is 0 Å². The van der Waals surface area contributed by atoms with Gasteiger partial charge in [-0.05, 0) is 36.2 Å². The van der Waals surface area contributed by atoms with Gasteiger partial charge in [0.25, 0.3) is 0 Å². The highest BCUT2D eigenvalue weighted by Crippen LogP contribution is 2.35. The minimum absolute atomic E-state index is 0.564. The molecule has 4 heteroatoms. The van der Waals surface area contributed by atoms with Gasteiger partial charge in [-0.3, -0.25) is 0 Å². The van der Waals surface area contributed by atoms with Crippen LogP contribution >= 0.6 is 11.6 Å². The molecule has 110 valence electrons. The second-order valence-electron chi connectivity index (χ2n) is 5.18. The van der Waals surface area contributed by atoms with Crippen LogP contribution in [0.2, 0.25) is 5.02 Å². The van der Waals surface area contributed by atoms with Crippen molar-refractivity contribution in [3.8, 4) is 11.5 Å². The van der Waals surface area contributed by atoms with Crippen LogP contribution < -0.4 is 9.47 Å². The average Bonchev–Trinajstić information content (AvgIpc) is 2.71. The summed E-state index contributed by atoms with van der Waals surface area (Å²) in [7, 11) is 0. The predicted molar refractivity (Wildman–Crippen MR) is 82.3 cm³/mol. The van der Waals surface area contributed by atoms with Crippen molar-refractivity contribution in [2.75, 3.05) is 13.2 Å². The van der Waals surface area contributed by atoms with E-state index in [0.717, 1.165) is 23.3 Å². The highest BCUT2D eigenvalue weighted by Gasteiger charge is 2.17. The number of fused-ring (bicyclic) bond motifs is 1. The van der Waals surface area contributed by atoms with Crippen molar-refractivity contribution in [3.63, 3.8) is 0 Å². The molecular formula is C17H17ClO3. The number of aliphatic hydroxyl groups excluding tert-OH is 1. The molecule has 2 aromatic rings. The number of rotatable bonds is 2. The quantitative estimate of drug-likeness (QED) is 0.915. The van der Waals surface area contributed by atoms with Crippen LogP contribution in [0.4, 0.5) is 0 Å². The van der Waals surface area contributed by atoms with E-state index in [1.807, 2.05) is 43.3 Å². The zero-order valence-electron chi connectivity index (χ0n) is 11.8. The average molecular weight is 305 g/mol. The third-order valence-corrected chi connectivity index (χ3v) is 3.87. The van der Waals surface area contributed by atoms with Gasteiger partial charge in [0.05, 0.1) is 13.2 Å². The summed E-state index contributed by atoms with van der Waals surface area (Å²) < 4.78 is 11.3. The minimum atomic E-state index is -0.782. The zero-order valence-corrected chi connectivity index (χ0v) is 12.6. The summed E-state index contributed by atoms with van der Waals surface area (Å²) in [5.41, 5.74) is 2.50. The van der Waals surface area contributed by atoms with Crippen molar-refractivity contribution >= 4 is 11.6 Å². The smallest absolute Gasteiger partial charge is 0.161 e. The van der Waals surface area contributed by atoms with Crippen molar-refractivity contribution in [1.82, 2.24) is 0 Å². The van der Waals surface area contributed by atoms with Crippen LogP contribution in [-0.4, -0.2) is 18.3 Å². The van der Waals surface area contributed by atoms with Crippen LogP contribution in [0.25, 0.3) is 0 Å². The molecule has 0 saturated carbocycles. The van der Waals surface area contributed by atoms with Crippen molar-refractivity contribution in [2.24, 2.45) is 0 Å². The summed E-state index contributed by atoms with van der Waals surface area (Å²) in [4.78, 5) is 0. The second kappa shape index (κ2) is 5.96. The largest absolute Gasteiger partial charge is 0.490 e. The molecular weight excluding hydrogens is 288 g/mol. The highest BCUT2D eigenvalue weighted by atomic mass is 35.5. The maximum atomic E-state index is 10.6. The van der Waals surface area contributed by atoms with Crippen LogP contribution in [0.3, 0.4) is 0 Å². The van der Waals surface area contributed by atoms with E-state index in [9.17, 15) is 5.11 Å². The Labute approximate surface area is 129 Å². The van der Waals surface area contributed by atoms with E-state index in [-0.39, 0.29) is 0 Å². The highest BCUT2D eigenvalue weighted by molar-refractivity contribution is 6.31. The first-order valence-electron chi connectivity index (χ1n) is 6.99. The first-order chi connectivity index (χ1) is 10.1. The Morgan fingerprint density at radius 1 is 1.05 bits per heavy atom. The van der Waals surface area contributed by atoms with Gasteiger partial charge in [0.2, 0.25) is 0 Å². The molecule has 1 atom stereocenters. The molecule has 0 amide bonds. The molecule has 21 heavy (non-hydrogen) atoms. The summed E-state index contributed by atoms with van der Waals surface area (Å²) in [5, 5.41) is 11.1. The van der Waals surface area contributed by atoms with Crippen LogP contribution in [0, 0.1) is 6.92 Å². The molecule has 1 aliphatic rings. The summed E-state index contributed by atoms with van der Waals surface area (Å²) >= 11 is 6.23. The van der Waals surface area contributed by atoms with Crippen molar-refractivity contribution < 1.29 is 14.6 Å². The van der Waals surface area contributed by atoms with E-state index in [2.05, 4.69) is 0 Å². The molecule has 1 N–H and O–H groups in total. The van der Waals surface area contributed by atoms with Crippen molar-refractivity contribution in [3.05, 3.63) is 58.1 Å². The number of hydrogen-bond acceptors (Lipinski definition) is 3. The third kappa shape index (κ3) is 2.99. The number of hydrogen-bond donors (Lipinski definition) is 1. The molecule has 0 radical (unpaired) electrons. The topological polar surface area (TPSA) is 38.7 Å². The Bertz CT molecular complexity index is 654. The second-order valence-corrected chi connectivity index (χ2v) is 5.59. The summed E-state index contributed by atoms with van der Waals surface area (Å²) in [6.45, 7) is 3.24. The van der Waals surface area contributed by atoms with Crippen LogP contribution in [-0.2, 0) is 0 Å². The van der Waals surface area contributed by atoms with Gasteiger partial charge >= 0.3 is 0 Å². The van der Waals surface area contributed by atoms with Crippen LogP contribution in [0.15, 0.2) is 36.4 Å². The normalized spacial score (nSPS) is 15.4. The first-order valence-corrected chi connectivity index (χ1v) is 7.36. The van der Waals surface area contributed by atoms with Gasteiger partial charge < -0.3 is 14.6 Å². The van der Waals surface area contributed by atoms with Crippen molar-refractivity contribution in [1.29, 1.82) is 0 Å². The summed E-state index contributed by atoms with van der Waals surface area (Å²) in [6, 6.07) is 11.1. The molecule has 0 spiro atoms. The lowest BCUT2D eigenvalue weighted by Crippen LogP contribution is -2.02. The number of aryl methyl sites for hydroxylation is 1. The van der Waals surface area contributed by atoms with E-state index in [1.165, 1.54) is 0 Å². The SMILES string of the molecule is Cc1ccc(C(O)c2ccc3c(c2)OCCCO3)c(Cl)c1. The Balaban J connectivity index is 1.94. The molecule has 0 bridgehead atoms. The van der Waals surface area contributed by atoms with Gasteiger partial charge in [0.15, 0.2) is 11.5 Å². The number of ether oxygens (including phenoxy) is 2.